The number of benzene rings is 2. The molecule has 0 saturated heterocycles. The highest BCUT2D eigenvalue weighted by Gasteiger charge is 2.02. The first-order valence-corrected chi connectivity index (χ1v) is 7.94. The van der Waals surface area contributed by atoms with Gasteiger partial charge in [0.2, 0.25) is 17.8 Å². The maximum Gasteiger partial charge on any atom is 0.250 e. The van der Waals surface area contributed by atoms with E-state index in [4.69, 9.17) is 5.73 Å². The van der Waals surface area contributed by atoms with Crippen LogP contribution < -0.4 is 16.6 Å². The van der Waals surface area contributed by atoms with E-state index in [1.54, 1.807) is 48.5 Å². The Morgan fingerprint density at radius 1 is 0.821 bits per heavy atom. The van der Waals surface area contributed by atoms with Crippen LogP contribution >= 0.6 is 0 Å². The van der Waals surface area contributed by atoms with E-state index < -0.39 is 0 Å². The van der Waals surface area contributed by atoms with Crippen molar-refractivity contribution in [1.29, 1.82) is 0 Å². The zero-order valence-corrected chi connectivity index (χ0v) is 14.4. The highest BCUT2D eigenvalue weighted by atomic mass is 16.3. The SMILES string of the molecule is Nc1nc(N/N=C/c2ccc(O)cc2)nc(N/N=C/c2ccc(N=O)cc2)n1. The van der Waals surface area contributed by atoms with Crippen molar-refractivity contribution >= 4 is 36.0 Å². The van der Waals surface area contributed by atoms with Crippen LogP contribution in [0.5, 0.6) is 5.75 Å². The Labute approximate surface area is 159 Å². The normalized spacial score (nSPS) is 11.0. The van der Waals surface area contributed by atoms with E-state index in [1.807, 2.05) is 0 Å². The van der Waals surface area contributed by atoms with Crippen molar-refractivity contribution in [2.24, 2.45) is 15.4 Å². The lowest BCUT2D eigenvalue weighted by molar-refractivity contribution is 0.475. The molecule has 1 aromatic heterocycles. The second-order valence-corrected chi connectivity index (χ2v) is 5.36. The summed E-state index contributed by atoms with van der Waals surface area (Å²) in [7, 11) is 0. The molecule has 5 N–H and O–H groups in total. The maximum atomic E-state index is 10.4. The molecule has 1 heterocycles. The number of hydrazone groups is 2. The monoisotopic (exact) mass is 377 g/mol. The number of anilines is 3. The lowest BCUT2D eigenvalue weighted by Crippen LogP contribution is -2.06. The molecule has 0 atom stereocenters. The second-order valence-electron chi connectivity index (χ2n) is 5.36. The highest BCUT2D eigenvalue weighted by Crippen LogP contribution is 2.11. The van der Waals surface area contributed by atoms with Gasteiger partial charge in [-0.15, -0.1) is 4.91 Å². The van der Waals surface area contributed by atoms with Crippen molar-refractivity contribution in [2.75, 3.05) is 16.6 Å². The van der Waals surface area contributed by atoms with Gasteiger partial charge in [-0.1, -0.05) is 12.1 Å². The molecule has 140 valence electrons. The van der Waals surface area contributed by atoms with E-state index in [0.29, 0.717) is 5.69 Å². The molecule has 0 spiro atoms. The van der Waals surface area contributed by atoms with Gasteiger partial charge in [0.1, 0.15) is 11.4 Å². The number of hydrogen-bond donors (Lipinski definition) is 4. The van der Waals surface area contributed by atoms with Gasteiger partial charge >= 0.3 is 0 Å². The Morgan fingerprint density at radius 2 is 1.32 bits per heavy atom. The van der Waals surface area contributed by atoms with Crippen LogP contribution in [-0.4, -0.2) is 32.5 Å². The van der Waals surface area contributed by atoms with E-state index in [-0.39, 0.29) is 23.6 Å². The number of phenolic OH excluding ortho intramolecular Hbond substituents is 1. The molecule has 0 saturated carbocycles. The Hall–Kier alpha value is -4.41. The summed E-state index contributed by atoms with van der Waals surface area (Å²) < 4.78 is 0. The predicted molar refractivity (Wildman–Crippen MR) is 107 cm³/mol. The Balaban J connectivity index is 1.62. The molecule has 0 aliphatic carbocycles. The number of nitrogens with two attached hydrogens (primary N) is 1. The van der Waals surface area contributed by atoms with Gasteiger partial charge in [-0.25, -0.2) is 10.9 Å². The second kappa shape index (κ2) is 8.80. The number of phenols is 1. The van der Waals surface area contributed by atoms with Gasteiger partial charge in [-0.2, -0.15) is 25.2 Å². The lowest BCUT2D eigenvalue weighted by atomic mass is 10.2. The van der Waals surface area contributed by atoms with Gasteiger partial charge in [0.05, 0.1) is 12.4 Å². The van der Waals surface area contributed by atoms with Crippen LogP contribution in [0.4, 0.5) is 23.5 Å². The van der Waals surface area contributed by atoms with Crippen molar-refractivity contribution < 1.29 is 5.11 Å². The van der Waals surface area contributed by atoms with Crippen LogP contribution in [0, 0.1) is 4.91 Å². The molecule has 0 bridgehead atoms. The van der Waals surface area contributed by atoms with Crippen molar-refractivity contribution in [1.82, 2.24) is 15.0 Å². The third-order valence-corrected chi connectivity index (χ3v) is 3.30. The summed E-state index contributed by atoms with van der Waals surface area (Å²) in [6.07, 6.45) is 3.05. The van der Waals surface area contributed by atoms with Gasteiger partial charge in [0.25, 0.3) is 0 Å². The average Bonchev–Trinajstić information content (AvgIpc) is 2.70. The summed E-state index contributed by atoms with van der Waals surface area (Å²) in [6, 6.07) is 13.0. The third-order valence-electron chi connectivity index (χ3n) is 3.30. The van der Waals surface area contributed by atoms with Crippen LogP contribution in [-0.2, 0) is 0 Å². The number of nitroso groups, excluding NO2 is 1. The molecule has 2 aromatic carbocycles. The molecule has 0 aliphatic rings. The maximum absolute atomic E-state index is 10.4. The van der Waals surface area contributed by atoms with Crippen LogP contribution in [0.2, 0.25) is 0 Å². The molecule has 11 heteroatoms. The zero-order valence-electron chi connectivity index (χ0n) is 14.4. The fourth-order valence-corrected chi connectivity index (χ4v) is 2.00. The molecule has 0 unspecified atom stereocenters. The molecule has 3 rings (SSSR count). The number of nitrogen functional groups attached to an aromatic ring is 1. The van der Waals surface area contributed by atoms with E-state index in [2.05, 4.69) is 41.2 Å². The summed E-state index contributed by atoms with van der Waals surface area (Å²) in [5.74, 6) is 0.401. The Bertz CT molecular complexity index is 1000. The first-order valence-electron chi connectivity index (χ1n) is 7.94. The van der Waals surface area contributed by atoms with E-state index in [0.717, 1.165) is 11.1 Å². The van der Waals surface area contributed by atoms with Crippen LogP contribution in [0.1, 0.15) is 11.1 Å². The van der Waals surface area contributed by atoms with E-state index in [1.165, 1.54) is 12.4 Å². The first kappa shape index (κ1) is 18.4. The number of aromatic nitrogens is 3. The Morgan fingerprint density at radius 3 is 1.82 bits per heavy atom. The summed E-state index contributed by atoms with van der Waals surface area (Å²) in [4.78, 5) is 22.3. The molecule has 3 aromatic rings. The van der Waals surface area contributed by atoms with Crippen LogP contribution in [0.15, 0.2) is 63.9 Å². The first-order chi connectivity index (χ1) is 13.6. The van der Waals surface area contributed by atoms with Gasteiger partial charge in [-0.3, -0.25) is 0 Å². The lowest BCUT2D eigenvalue weighted by Gasteiger charge is -2.03. The summed E-state index contributed by atoms with van der Waals surface area (Å²) in [5.41, 5.74) is 12.8. The number of aromatic hydroxyl groups is 1. The fraction of sp³-hybridized carbons (Fsp3) is 0. The number of nitrogens with one attached hydrogen (secondary N) is 2. The minimum Gasteiger partial charge on any atom is -0.508 e. The summed E-state index contributed by atoms with van der Waals surface area (Å²) in [6.45, 7) is 0. The smallest absolute Gasteiger partial charge is 0.250 e. The van der Waals surface area contributed by atoms with E-state index >= 15 is 0 Å². The molecule has 0 amide bonds. The number of nitrogens with zero attached hydrogens (tertiary/aromatic N) is 6. The minimum absolute atomic E-state index is 0.0172. The van der Waals surface area contributed by atoms with Gasteiger partial charge < -0.3 is 10.8 Å². The molecular formula is C17H15N9O2. The van der Waals surface area contributed by atoms with Crippen LogP contribution in [0.25, 0.3) is 0 Å². The zero-order chi connectivity index (χ0) is 19.8. The van der Waals surface area contributed by atoms with Crippen molar-refractivity contribution in [2.45, 2.75) is 0 Å². The third kappa shape index (κ3) is 5.29. The highest BCUT2D eigenvalue weighted by molar-refractivity contribution is 5.81. The average molecular weight is 377 g/mol. The number of rotatable bonds is 7. The molecule has 0 aliphatic heterocycles. The molecule has 0 fully saturated rings. The summed E-state index contributed by atoms with van der Waals surface area (Å²) >= 11 is 0. The van der Waals surface area contributed by atoms with Gasteiger partial charge in [-0.05, 0) is 52.7 Å². The van der Waals surface area contributed by atoms with Crippen molar-refractivity contribution in [3.8, 4) is 5.75 Å². The topological polar surface area (TPSA) is 163 Å². The van der Waals surface area contributed by atoms with Crippen LogP contribution in [0.3, 0.4) is 0 Å². The predicted octanol–water partition coefficient (Wildman–Crippen LogP) is 2.45. The molecule has 28 heavy (non-hydrogen) atoms. The van der Waals surface area contributed by atoms with E-state index in [9.17, 15) is 10.0 Å². The fourth-order valence-electron chi connectivity index (χ4n) is 2.00. The summed E-state index contributed by atoms with van der Waals surface area (Å²) in [5, 5.41) is 20.1. The largest absolute Gasteiger partial charge is 0.508 e. The minimum atomic E-state index is -0.0172. The Kier molecular flexibility index (Phi) is 5.78. The molecular weight excluding hydrogens is 362 g/mol. The van der Waals surface area contributed by atoms with Crippen molar-refractivity contribution in [3.05, 3.63) is 64.6 Å². The standard InChI is InChI=1S/C17H15N9O2/c18-15-21-16(24-19-9-11-1-5-13(26-28)6-2-11)23-17(22-15)25-20-10-12-3-7-14(27)8-4-12/h1-10,27H,(H4,18,21,22,23,24,25)/b19-9+,20-10+. The molecule has 0 radical (unpaired) electrons. The number of hydrogen-bond acceptors (Lipinski definition) is 11. The quantitative estimate of drug-likeness (QED) is 0.277. The molecule has 11 nitrogen and oxygen atoms in total. The van der Waals surface area contributed by atoms with Gasteiger partial charge in [0.15, 0.2) is 0 Å². The van der Waals surface area contributed by atoms with Crippen molar-refractivity contribution in [3.63, 3.8) is 0 Å². The van der Waals surface area contributed by atoms with Gasteiger partial charge in [0, 0.05) is 0 Å².